The number of rotatable bonds is 5. The number of amides is 1. The third-order valence-corrected chi connectivity index (χ3v) is 4.67. The highest BCUT2D eigenvalue weighted by atomic mass is 32.1. The number of carbonyl (C=O) groups excluding carboxylic acids is 1. The van der Waals surface area contributed by atoms with Gasteiger partial charge in [-0.2, -0.15) is 0 Å². The van der Waals surface area contributed by atoms with Crippen LogP contribution in [0.15, 0.2) is 12.1 Å². The molecule has 1 aliphatic rings. The van der Waals surface area contributed by atoms with Crippen LogP contribution in [0.3, 0.4) is 0 Å². The first kappa shape index (κ1) is 14.5. The lowest BCUT2D eigenvalue weighted by molar-refractivity contribution is -0.122. The van der Waals surface area contributed by atoms with Gasteiger partial charge in [0.05, 0.1) is 0 Å². The lowest BCUT2D eigenvalue weighted by Gasteiger charge is -2.23. The second-order valence-corrected chi connectivity index (χ2v) is 6.95. The zero-order valence-electron chi connectivity index (χ0n) is 11.9. The Morgan fingerprint density at radius 3 is 2.84 bits per heavy atom. The summed E-state index contributed by atoms with van der Waals surface area (Å²) in [6, 6.07) is 4.53. The molecule has 1 amide bonds. The summed E-state index contributed by atoms with van der Waals surface area (Å²) in [5.74, 6) is 0.783. The maximum atomic E-state index is 12.0. The number of hydrogen-bond donors (Lipinski definition) is 2. The second-order valence-electron chi connectivity index (χ2n) is 5.58. The predicted molar refractivity (Wildman–Crippen MR) is 80.6 cm³/mol. The van der Waals surface area contributed by atoms with Crippen molar-refractivity contribution in [1.82, 2.24) is 10.6 Å². The van der Waals surface area contributed by atoms with Crippen LogP contribution >= 0.6 is 11.3 Å². The van der Waals surface area contributed by atoms with Gasteiger partial charge in [0.15, 0.2) is 0 Å². The summed E-state index contributed by atoms with van der Waals surface area (Å²) in [6.45, 7) is 6.33. The van der Waals surface area contributed by atoms with Gasteiger partial charge in [0.2, 0.25) is 5.91 Å². The molecule has 2 N–H and O–H groups in total. The van der Waals surface area contributed by atoms with Crippen LogP contribution in [0.25, 0.3) is 0 Å². The Morgan fingerprint density at radius 1 is 1.47 bits per heavy atom. The summed E-state index contributed by atoms with van der Waals surface area (Å²) >= 11 is 1.82. The molecule has 0 aliphatic carbocycles. The van der Waals surface area contributed by atoms with E-state index >= 15 is 0 Å². The highest BCUT2D eigenvalue weighted by Crippen LogP contribution is 2.18. The molecule has 2 rings (SSSR count). The van der Waals surface area contributed by atoms with E-state index in [2.05, 4.69) is 36.6 Å². The molecule has 0 spiro atoms. The average Bonchev–Trinajstić information content (AvgIpc) is 2.75. The smallest absolute Gasteiger partial charge is 0.220 e. The Kier molecular flexibility index (Phi) is 5.40. The van der Waals surface area contributed by atoms with Gasteiger partial charge in [-0.3, -0.25) is 4.79 Å². The van der Waals surface area contributed by atoms with Crippen LogP contribution < -0.4 is 10.6 Å². The van der Waals surface area contributed by atoms with Crippen molar-refractivity contribution in [3.05, 3.63) is 21.9 Å². The molecule has 1 aliphatic heterocycles. The maximum absolute atomic E-state index is 12.0. The summed E-state index contributed by atoms with van der Waals surface area (Å²) < 4.78 is 0. The molecule has 0 aromatic carbocycles. The van der Waals surface area contributed by atoms with E-state index in [0.717, 1.165) is 32.4 Å². The van der Waals surface area contributed by atoms with Crippen LogP contribution in [0.5, 0.6) is 0 Å². The summed E-state index contributed by atoms with van der Waals surface area (Å²) in [7, 11) is 0. The van der Waals surface area contributed by atoms with Gasteiger partial charge in [0, 0.05) is 28.6 Å². The van der Waals surface area contributed by atoms with Crippen molar-refractivity contribution in [3.63, 3.8) is 0 Å². The molecule has 1 fully saturated rings. The van der Waals surface area contributed by atoms with Gasteiger partial charge in [0.1, 0.15) is 0 Å². The number of piperidine rings is 1. The summed E-state index contributed by atoms with van der Waals surface area (Å²) in [4.78, 5) is 14.7. The minimum Gasteiger partial charge on any atom is -0.353 e. The second kappa shape index (κ2) is 7.06. The molecule has 0 saturated carbocycles. The fourth-order valence-corrected chi connectivity index (χ4v) is 3.65. The average molecular weight is 280 g/mol. The van der Waals surface area contributed by atoms with Crippen LogP contribution in [0, 0.1) is 12.8 Å². The third kappa shape index (κ3) is 4.96. The molecule has 19 heavy (non-hydrogen) atoms. The van der Waals surface area contributed by atoms with Crippen LogP contribution in [-0.2, 0) is 11.2 Å². The largest absolute Gasteiger partial charge is 0.353 e. The third-order valence-electron chi connectivity index (χ3n) is 3.64. The van der Waals surface area contributed by atoms with Gasteiger partial charge in [-0.1, -0.05) is 0 Å². The molecule has 1 aromatic heterocycles. The van der Waals surface area contributed by atoms with Gasteiger partial charge >= 0.3 is 0 Å². The quantitative estimate of drug-likeness (QED) is 0.870. The van der Waals surface area contributed by atoms with E-state index in [9.17, 15) is 4.79 Å². The monoisotopic (exact) mass is 280 g/mol. The highest BCUT2D eigenvalue weighted by molar-refractivity contribution is 7.11. The molecule has 3 nitrogen and oxygen atoms in total. The van der Waals surface area contributed by atoms with Crippen LogP contribution in [0.2, 0.25) is 0 Å². The van der Waals surface area contributed by atoms with Gasteiger partial charge in [-0.25, -0.2) is 0 Å². The zero-order chi connectivity index (χ0) is 13.7. The Balaban J connectivity index is 1.71. The Morgan fingerprint density at radius 2 is 2.21 bits per heavy atom. The lowest BCUT2D eigenvalue weighted by atomic mass is 9.94. The van der Waals surface area contributed by atoms with Crippen LogP contribution in [0.4, 0.5) is 0 Å². The van der Waals surface area contributed by atoms with Gasteiger partial charge in [0.25, 0.3) is 0 Å². The van der Waals surface area contributed by atoms with E-state index in [1.807, 2.05) is 11.3 Å². The van der Waals surface area contributed by atoms with Crippen molar-refractivity contribution in [3.8, 4) is 0 Å². The molecule has 1 unspecified atom stereocenters. The topological polar surface area (TPSA) is 41.1 Å². The number of thiophene rings is 1. The molecule has 0 bridgehead atoms. The molecule has 1 aromatic rings. The van der Waals surface area contributed by atoms with E-state index in [-0.39, 0.29) is 11.9 Å². The van der Waals surface area contributed by atoms with E-state index in [1.165, 1.54) is 9.75 Å². The molecule has 1 saturated heterocycles. The van der Waals surface area contributed by atoms with E-state index in [1.54, 1.807) is 0 Å². The van der Waals surface area contributed by atoms with E-state index < -0.39 is 0 Å². The fraction of sp³-hybridized carbons (Fsp3) is 0.667. The summed E-state index contributed by atoms with van der Waals surface area (Å²) in [5, 5.41) is 6.47. The first-order chi connectivity index (χ1) is 9.13. The zero-order valence-corrected chi connectivity index (χ0v) is 12.7. The standard InChI is InChI=1S/C15H24N2OS/c1-11(9-14-4-3-12(2)19-14)17-15(18)10-13-5-7-16-8-6-13/h3-4,11,13,16H,5-10H2,1-2H3,(H,17,18). The molecule has 2 heterocycles. The van der Waals surface area contributed by atoms with Crippen molar-refractivity contribution in [1.29, 1.82) is 0 Å². The SMILES string of the molecule is Cc1ccc(CC(C)NC(=O)CC2CCNCC2)s1. The lowest BCUT2D eigenvalue weighted by Crippen LogP contribution is -2.37. The molecule has 1 atom stereocenters. The molecule has 4 heteroatoms. The predicted octanol–water partition coefficient (Wildman–Crippen LogP) is 2.49. The van der Waals surface area contributed by atoms with Gasteiger partial charge < -0.3 is 10.6 Å². The fourth-order valence-electron chi connectivity index (χ4n) is 2.63. The van der Waals surface area contributed by atoms with Crippen molar-refractivity contribution >= 4 is 17.2 Å². The minimum absolute atomic E-state index is 0.215. The van der Waals surface area contributed by atoms with Crippen molar-refractivity contribution in [2.75, 3.05) is 13.1 Å². The number of aryl methyl sites for hydroxylation is 1. The Labute approximate surface area is 119 Å². The molecule has 106 valence electrons. The molecular weight excluding hydrogens is 256 g/mol. The van der Waals surface area contributed by atoms with Gasteiger partial charge in [-0.05, 0) is 57.8 Å². The van der Waals surface area contributed by atoms with Gasteiger partial charge in [-0.15, -0.1) is 11.3 Å². The van der Waals surface area contributed by atoms with E-state index in [0.29, 0.717) is 12.3 Å². The van der Waals surface area contributed by atoms with Crippen molar-refractivity contribution in [2.24, 2.45) is 5.92 Å². The Hall–Kier alpha value is -0.870. The molecular formula is C15H24N2OS. The first-order valence-corrected chi connectivity index (χ1v) is 8.00. The summed E-state index contributed by atoms with van der Waals surface area (Å²) in [6.07, 6.45) is 3.89. The maximum Gasteiger partial charge on any atom is 0.220 e. The van der Waals surface area contributed by atoms with Crippen molar-refractivity contribution in [2.45, 2.75) is 45.6 Å². The summed E-state index contributed by atoms with van der Waals surface area (Å²) in [5.41, 5.74) is 0. The number of hydrogen-bond acceptors (Lipinski definition) is 3. The van der Waals surface area contributed by atoms with Crippen molar-refractivity contribution < 1.29 is 4.79 Å². The number of carbonyl (C=O) groups is 1. The first-order valence-electron chi connectivity index (χ1n) is 7.19. The number of nitrogens with one attached hydrogen (secondary N) is 2. The van der Waals surface area contributed by atoms with Crippen LogP contribution in [0.1, 0.15) is 35.9 Å². The highest BCUT2D eigenvalue weighted by Gasteiger charge is 2.17. The normalized spacial score (nSPS) is 18.2. The molecule has 0 radical (unpaired) electrons. The minimum atomic E-state index is 0.215. The van der Waals surface area contributed by atoms with E-state index in [4.69, 9.17) is 0 Å². The Bertz CT molecular complexity index is 410. The van der Waals surface area contributed by atoms with Crippen LogP contribution in [-0.4, -0.2) is 25.0 Å².